The zero-order valence-electron chi connectivity index (χ0n) is 12.8. The van der Waals surface area contributed by atoms with E-state index < -0.39 is 5.54 Å². The summed E-state index contributed by atoms with van der Waals surface area (Å²) >= 11 is 12.9. The van der Waals surface area contributed by atoms with E-state index in [1.54, 1.807) is 19.1 Å². The van der Waals surface area contributed by atoms with Crippen molar-refractivity contribution in [2.45, 2.75) is 56.4 Å². The third kappa shape index (κ3) is 2.40. The number of benzene rings is 1. The van der Waals surface area contributed by atoms with Gasteiger partial charge in [0.15, 0.2) is 5.78 Å². The van der Waals surface area contributed by atoms with Gasteiger partial charge in [0.1, 0.15) is 12.3 Å². The summed E-state index contributed by atoms with van der Waals surface area (Å²) in [6, 6.07) is 3.57. The molecule has 1 aliphatic carbocycles. The van der Waals surface area contributed by atoms with Crippen LogP contribution in [0.1, 0.15) is 49.7 Å². The van der Waals surface area contributed by atoms with Gasteiger partial charge in [-0.3, -0.25) is 10.1 Å². The lowest BCUT2D eigenvalue weighted by atomic mass is 9.76. The first kappa shape index (κ1) is 15.5. The van der Waals surface area contributed by atoms with Crippen molar-refractivity contribution in [3.05, 3.63) is 33.3 Å². The lowest BCUT2D eigenvalue weighted by Gasteiger charge is -2.35. The van der Waals surface area contributed by atoms with E-state index in [4.69, 9.17) is 27.9 Å². The minimum atomic E-state index is -0.461. The summed E-state index contributed by atoms with van der Waals surface area (Å²) < 4.78 is 5.71. The number of ketones is 1. The maximum atomic E-state index is 13.2. The summed E-state index contributed by atoms with van der Waals surface area (Å²) in [6.45, 7) is 1.76. The Labute approximate surface area is 145 Å². The van der Waals surface area contributed by atoms with E-state index in [-0.39, 0.29) is 24.0 Å². The average Bonchev–Trinajstić information content (AvgIpc) is 3.08. The van der Waals surface area contributed by atoms with Crippen LogP contribution in [0.15, 0.2) is 12.1 Å². The van der Waals surface area contributed by atoms with Crippen LogP contribution in [-0.2, 0) is 9.53 Å². The van der Waals surface area contributed by atoms with E-state index in [0.29, 0.717) is 15.6 Å². The van der Waals surface area contributed by atoms with Crippen molar-refractivity contribution >= 4 is 29.0 Å². The van der Waals surface area contributed by atoms with Crippen LogP contribution in [0.2, 0.25) is 10.0 Å². The van der Waals surface area contributed by atoms with Crippen molar-refractivity contribution in [3.63, 3.8) is 0 Å². The number of nitrogens with one attached hydrogen (secondary N) is 1. The Kier molecular flexibility index (Phi) is 3.70. The van der Waals surface area contributed by atoms with Crippen LogP contribution < -0.4 is 5.32 Å². The molecule has 3 unspecified atom stereocenters. The highest BCUT2D eigenvalue weighted by molar-refractivity contribution is 6.36. The molecule has 1 spiro atoms. The predicted molar refractivity (Wildman–Crippen MR) is 89.8 cm³/mol. The SMILES string of the molecule is CC#Cc1cc(Cl)c(C2C(=O)C3(CCCC3)NC3OC32)c(Cl)c1. The standard InChI is InChI=1S/C18H17Cl2NO2/c1-2-5-10-8-11(19)13(12(20)9-10)14-15-17(23-15)21-18(16(14)22)6-3-4-7-18/h8-9,14-15,17,21H,3-4,6-7H2,1H3. The summed E-state index contributed by atoms with van der Waals surface area (Å²) in [4.78, 5) is 13.2. The summed E-state index contributed by atoms with van der Waals surface area (Å²) in [5.41, 5.74) is 0.994. The lowest BCUT2D eigenvalue weighted by Crippen LogP contribution is -2.58. The quantitative estimate of drug-likeness (QED) is 0.621. The van der Waals surface area contributed by atoms with Gasteiger partial charge in [-0.15, -0.1) is 5.92 Å². The van der Waals surface area contributed by atoms with E-state index in [2.05, 4.69) is 17.2 Å². The van der Waals surface area contributed by atoms with Crippen LogP contribution in [-0.4, -0.2) is 23.7 Å². The van der Waals surface area contributed by atoms with Crippen LogP contribution in [0, 0.1) is 11.8 Å². The molecule has 2 aliphatic heterocycles. The molecule has 0 aromatic heterocycles. The van der Waals surface area contributed by atoms with Gasteiger partial charge < -0.3 is 4.74 Å². The molecule has 1 N–H and O–H groups in total. The van der Waals surface area contributed by atoms with E-state index >= 15 is 0 Å². The van der Waals surface area contributed by atoms with Gasteiger partial charge in [-0.2, -0.15) is 0 Å². The second-order valence-corrected chi connectivity index (χ2v) is 7.34. The molecule has 1 saturated carbocycles. The first-order valence-electron chi connectivity index (χ1n) is 7.95. The van der Waals surface area contributed by atoms with Crippen molar-refractivity contribution < 1.29 is 9.53 Å². The number of ether oxygens (including phenoxy) is 1. The van der Waals surface area contributed by atoms with Crippen molar-refractivity contribution in [2.24, 2.45) is 0 Å². The Morgan fingerprint density at radius 2 is 1.91 bits per heavy atom. The Morgan fingerprint density at radius 1 is 1.26 bits per heavy atom. The monoisotopic (exact) mass is 349 g/mol. The Balaban J connectivity index is 1.77. The van der Waals surface area contributed by atoms with Gasteiger partial charge >= 0.3 is 0 Å². The fraction of sp³-hybridized carbons (Fsp3) is 0.500. The molecule has 0 bridgehead atoms. The molecule has 0 amide bonds. The molecule has 2 heterocycles. The van der Waals surface area contributed by atoms with Crippen LogP contribution in [0.5, 0.6) is 0 Å². The van der Waals surface area contributed by atoms with E-state index in [1.165, 1.54) is 0 Å². The average molecular weight is 350 g/mol. The first-order valence-corrected chi connectivity index (χ1v) is 8.70. The second kappa shape index (κ2) is 5.50. The van der Waals surface area contributed by atoms with Gasteiger partial charge in [-0.1, -0.05) is 42.0 Å². The molecule has 4 rings (SSSR count). The number of carbonyl (C=O) groups excluding carboxylic acids is 1. The highest BCUT2D eigenvalue weighted by Gasteiger charge is 2.62. The molecular formula is C18H17Cl2NO2. The number of rotatable bonds is 1. The Morgan fingerprint density at radius 3 is 2.52 bits per heavy atom. The van der Waals surface area contributed by atoms with Crippen molar-refractivity contribution in [1.82, 2.24) is 5.32 Å². The number of fused-ring (bicyclic) bond motifs is 1. The number of hydrogen-bond acceptors (Lipinski definition) is 3. The number of carbonyl (C=O) groups is 1. The van der Waals surface area contributed by atoms with Crippen LogP contribution in [0.3, 0.4) is 0 Å². The molecule has 2 saturated heterocycles. The molecule has 3 fully saturated rings. The maximum Gasteiger partial charge on any atom is 0.163 e. The number of piperidine rings is 1. The first-order chi connectivity index (χ1) is 11.1. The molecule has 5 heteroatoms. The normalized spacial score (nSPS) is 30.7. The van der Waals surface area contributed by atoms with E-state index in [9.17, 15) is 4.79 Å². The van der Waals surface area contributed by atoms with Crippen molar-refractivity contribution in [2.75, 3.05) is 0 Å². The molecule has 120 valence electrons. The van der Waals surface area contributed by atoms with Gasteiger partial charge in [0.05, 0.1) is 11.5 Å². The molecule has 1 aromatic rings. The smallest absolute Gasteiger partial charge is 0.163 e. The zero-order chi connectivity index (χ0) is 16.2. The Bertz CT molecular complexity index is 720. The minimum Gasteiger partial charge on any atom is -0.352 e. The molecule has 23 heavy (non-hydrogen) atoms. The fourth-order valence-electron chi connectivity index (χ4n) is 4.05. The minimum absolute atomic E-state index is 0.0574. The third-order valence-corrected chi connectivity index (χ3v) is 5.77. The highest BCUT2D eigenvalue weighted by atomic mass is 35.5. The number of Topliss-reactive ketones (excluding diaryl/α,β-unsaturated/α-hetero) is 1. The van der Waals surface area contributed by atoms with Gasteiger partial charge in [-0.05, 0) is 31.9 Å². The molecule has 1 aromatic carbocycles. The zero-order valence-corrected chi connectivity index (χ0v) is 14.3. The lowest BCUT2D eigenvalue weighted by molar-refractivity contribution is -0.128. The van der Waals surface area contributed by atoms with E-state index in [0.717, 1.165) is 31.2 Å². The van der Waals surface area contributed by atoms with Crippen LogP contribution in [0.4, 0.5) is 0 Å². The van der Waals surface area contributed by atoms with Gasteiger partial charge in [0, 0.05) is 21.2 Å². The largest absolute Gasteiger partial charge is 0.352 e. The van der Waals surface area contributed by atoms with E-state index in [1.807, 2.05) is 0 Å². The number of epoxide rings is 1. The topological polar surface area (TPSA) is 41.6 Å². The number of halogens is 2. The molecular weight excluding hydrogens is 333 g/mol. The highest BCUT2D eigenvalue weighted by Crippen LogP contribution is 2.50. The second-order valence-electron chi connectivity index (χ2n) is 6.53. The summed E-state index contributed by atoms with van der Waals surface area (Å²) in [6.07, 6.45) is 3.64. The van der Waals surface area contributed by atoms with Crippen molar-refractivity contribution in [3.8, 4) is 11.8 Å². The summed E-state index contributed by atoms with van der Waals surface area (Å²) in [5.74, 6) is 5.57. The molecule has 3 nitrogen and oxygen atoms in total. The van der Waals surface area contributed by atoms with Gasteiger partial charge in [0.2, 0.25) is 0 Å². The Hall–Kier alpha value is -1.05. The fourth-order valence-corrected chi connectivity index (χ4v) is 4.77. The number of hydrogen-bond donors (Lipinski definition) is 1. The van der Waals surface area contributed by atoms with Crippen LogP contribution >= 0.6 is 23.2 Å². The maximum absolute atomic E-state index is 13.2. The third-order valence-electron chi connectivity index (χ3n) is 5.14. The van der Waals surface area contributed by atoms with Crippen LogP contribution in [0.25, 0.3) is 0 Å². The predicted octanol–water partition coefficient (Wildman–Crippen LogP) is 3.66. The molecule has 3 atom stereocenters. The van der Waals surface area contributed by atoms with Crippen molar-refractivity contribution in [1.29, 1.82) is 0 Å². The molecule has 3 aliphatic rings. The summed E-state index contributed by atoms with van der Waals surface area (Å²) in [5, 5.41) is 4.40. The van der Waals surface area contributed by atoms with Gasteiger partial charge in [0.25, 0.3) is 0 Å². The summed E-state index contributed by atoms with van der Waals surface area (Å²) in [7, 11) is 0. The molecule has 0 radical (unpaired) electrons. The van der Waals surface area contributed by atoms with Gasteiger partial charge in [-0.25, -0.2) is 0 Å².